The van der Waals surface area contributed by atoms with Crippen LogP contribution in [0.5, 0.6) is 0 Å². The van der Waals surface area contributed by atoms with Crippen molar-refractivity contribution >= 4 is 11.6 Å². The van der Waals surface area contributed by atoms with Gasteiger partial charge < -0.3 is 5.11 Å². The molecule has 0 bridgehead atoms. The zero-order chi connectivity index (χ0) is 11.6. The van der Waals surface area contributed by atoms with Gasteiger partial charge in [-0.2, -0.15) is 0 Å². The van der Waals surface area contributed by atoms with Crippen LogP contribution >= 0.6 is 11.6 Å². The highest BCUT2D eigenvalue weighted by Gasteiger charge is 2.02. The van der Waals surface area contributed by atoms with Gasteiger partial charge in [0.1, 0.15) is 0 Å². The summed E-state index contributed by atoms with van der Waals surface area (Å²) in [6.45, 7) is 2.60. The Hall–Kier alpha value is -0.830. The first-order valence-corrected chi connectivity index (χ1v) is 5.93. The topological polar surface area (TPSA) is 23.5 Å². The highest BCUT2D eigenvalue weighted by Crippen LogP contribution is 2.01. The Labute approximate surface area is 102 Å². The minimum absolute atomic E-state index is 0.185. The normalized spacial score (nSPS) is 11.4. The second kappa shape index (κ2) is 8.34. The van der Waals surface area contributed by atoms with Crippen molar-refractivity contribution in [3.63, 3.8) is 0 Å². The third kappa shape index (κ3) is 5.31. The Balaban J connectivity index is 2.37. The zero-order valence-corrected chi connectivity index (χ0v) is 10.1. The van der Waals surface area contributed by atoms with Gasteiger partial charge in [-0.1, -0.05) is 48.0 Å². The molecule has 2 nitrogen and oxygen atoms in total. The molecule has 0 spiro atoms. The summed E-state index contributed by atoms with van der Waals surface area (Å²) < 4.78 is 0. The van der Waals surface area contributed by atoms with Crippen LogP contribution in [0.1, 0.15) is 5.56 Å². The summed E-state index contributed by atoms with van der Waals surface area (Å²) in [6.07, 6.45) is 2.89. The van der Waals surface area contributed by atoms with Gasteiger partial charge in [0, 0.05) is 25.2 Å². The lowest BCUT2D eigenvalue weighted by Crippen LogP contribution is -2.29. The number of aliphatic hydroxyl groups is 1. The molecule has 0 aliphatic heterocycles. The van der Waals surface area contributed by atoms with Crippen molar-refractivity contribution in [3.05, 3.63) is 47.5 Å². The van der Waals surface area contributed by atoms with E-state index in [1.54, 1.807) is 0 Å². The van der Waals surface area contributed by atoms with E-state index in [4.69, 9.17) is 16.7 Å². The first-order chi connectivity index (χ1) is 7.86. The molecule has 0 unspecified atom stereocenters. The molecule has 0 amide bonds. The van der Waals surface area contributed by atoms with Crippen LogP contribution in [-0.4, -0.2) is 36.2 Å². The number of aliphatic hydroxyl groups excluding tert-OH is 1. The van der Waals surface area contributed by atoms with Gasteiger partial charge in [0.2, 0.25) is 0 Å². The lowest BCUT2D eigenvalue weighted by Gasteiger charge is -2.19. The summed E-state index contributed by atoms with van der Waals surface area (Å²) in [5.41, 5.74) is 2.84. The quantitative estimate of drug-likeness (QED) is 0.789. The molecule has 16 heavy (non-hydrogen) atoms. The highest BCUT2D eigenvalue weighted by atomic mass is 35.5. The number of halogens is 1. The molecule has 1 aromatic carbocycles. The van der Waals surface area contributed by atoms with Gasteiger partial charge in [-0.15, -0.1) is 0 Å². The van der Waals surface area contributed by atoms with E-state index >= 15 is 0 Å². The molecular formula is C13H18ClNO. The van der Waals surface area contributed by atoms with Crippen molar-refractivity contribution in [3.8, 4) is 0 Å². The summed E-state index contributed by atoms with van der Waals surface area (Å²) >= 11 is 5.49. The maximum absolute atomic E-state index is 8.93. The van der Waals surface area contributed by atoms with Crippen LogP contribution in [0.3, 0.4) is 0 Å². The predicted octanol–water partition coefficient (Wildman–Crippen LogP) is 2.28. The zero-order valence-electron chi connectivity index (χ0n) is 9.35. The van der Waals surface area contributed by atoms with Crippen molar-refractivity contribution in [1.29, 1.82) is 0 Å². The molecule has 0 atom stereocenters. The minimum atomic E-state index is 0.185. The molecule has 1 N–H and O–H groups in total. The Morgan fingerprint density at radius 2 is 1.94 bits per heavy atom. The van der Waals surface area contributed by atoms with Crippen molar-refractivity contribution in [1.82, 2.24) is 4.90 Å². The molecule has 88 valence electrons. The minimum Gasteiger partial charge on any atom is -0.395 e. The molecule has 0 aromatic heterocycles. The van der Waals surface area contributed by atoms with Crippen LogP contribution in [0.2, 0.25) is 0 Å². The largest absolute Gasteiger partial charge is 0.395 e. The van der Waals surface area contributed by atoms with Crippen LogP contribution in [0.25, 0.3) is 0 Å². The van der Waals surface area contributed by atoms with Crippen molar-refractivity contribution in [2.24, 2.45) is 0 Å². The molecule has 0 radical (unpaired) electrons. The van der Waals surface area contributed by atoms with E-state index in [0.29, 0.717) is 6.54 Å². The lowest BCUT2D eigenvalue weighted by atomic mass is 10.1. The van der Waals surface area contributed by atoms with E-state index in [1.165, 1.54) is 11.1 Å². The molecule has 0 fully saturated rings. The maximum Gasteiger partial charge on any atom is 0.0558 e. The molecule has 0 aliphatic rings. The monoisotopic (exact) mass is 239 g/mol. The fourth-order valence-electron chi connectivity index (χ4n) is 1.56. The predicted molar refractivity (Wildman–Crippen MR) is 68.7 cm³/mol. The summed E-state index contributed by atoms with van der Waals surface area (Å²) in [5.74, 6) is 0. The summed E-state index contributed by atoms with van der Waals surface area (Å²) in [6, 6.07) is 10.4. The van der Waals surface area contributed by atoms with E-state index < -0.39 is 0 Å². The Kier molecular flexibility index (Phi) is 6.90. The van der Waals surface area contributed by atoms with Gasteiger partial charge >= 0.3 is 0 Å². The molecule has 0 heterocycles. The van der Waals surface area contributed by atoms with E-state index in [-0.39, 0.29) is 6.61 Å². The standard InChI is InChI=1S/C13H18ClNO/c14-8-4-9-15(11-12-16)10-7-13-5-2-1-3-6-13/h1-6,8,16H,7,9-12H2. The molecule has 1 rings (SSSR count). The van der Waals surface area contributed by atoms with Gasteiger partial charge in [0.15, 0.2) is 0 Å². The van der Waals surface area contributed by atoms with Gasteiger partial charge in [-0.25, -0.2) is 0 Å². The summed E-state index contributed by atoms with van der Waals surface area (Å²) in [4.78, 5) is 2.17. The Bertz CT molecular complexity index is 300. The van der Waals surface area contributed by atoms with Gasteiger partial charge in [-0.3, -0.25) is 4.90 Å². The third-order valence-corrected chi connectivity index (χ3v) is 2.61. The molecule has 0 saturated carbocycles. The van der Waals surface area contributed by atoms with Gasteiger partial charge in [-0.05, 0) is 12.0 Å². The Morgan fingerprint density at radius 1 is 1.19 bits per heavy atom. The van der Waals surface area contributed by atoms with E-state index in [1.807, 2.05) is 24.3 Å². The molecule has 1 aromatic rings. The maximum atomic E-state index is 8.93. The highest BCUT2D eigenvalue weighted by molar-refractivity contribution is 6.25. The summed E-state index contributed by atoms with van der Waals surface area (Å²) in [5, 5.41) is 8.93. The van der Waals surface area contributed by atoms with Gasteiger partial charge in [0.25, 0.3) is 0 Å². The van der Waals surface area contributed by atoms with Crippen molar-refractivity contribution in [2.75, 3.05) is 26.2 Å². The second-order valence-electron chi connectivity index (χ2n) is 3.62. The van der Waals surface area contributed by atoms with Gasteiger partial charge in [0.05, 0.1) is 6.61 Å². The van der Waals surface area contributed by atoms with Crippen LogP contribution in [-0.2, 0) is 6.42 Å². The fraction of sp³-hybridized carbons (Fsp3) is 0.385. The van der Waals surface area contributed by atoms with E-state index in [2.05, 4.69) is 17.0 Å². The van der Waals surface area contributed by atoms with Crippen molar-refractivity contribution < 1.29 is 5.11 Å². The molecular weight excluding hydrogens is 222 g/mol. The van der Waals surface area contributed by atoms with Crippen LogP contribution in [0.15, 0.2) is 41.9 Å². The van der Waals surface area contributed by atoms with Crippen molar-refractivity contribution in [2.45, 2.75) is 6.42 Å². The summed E-state index contributed by atoms with van der Waals surface area (Å²) in [7, 11) is 0. The number of benzene rings is 1. The molecule has 0 saturated heterocycles. The number of nitrogens with zero attached hydrogens (tertiary/aromatic N) is 1. The molecule has 0 aliphatic carbocycles. The van der Waals surface area contributed by atoms with E-state index in [9.17, 15) is 0 Å². The number of rotatable bonds is 7. The lowest BCUT2D eigenvalue weighted by molar-refractivity contribution is 0.210. The average Bonchev–Trinajstić information content (AvgIpc) is 2.34. The first kappa shape index (κ1) is 13.2. The first-order valence-electron chi connectivity index (χ1n) is 5.49. The smallest absolute Gasteiger partial charge is 0.0558 e. The van der Waals surface area contributed by atoms with Crippen LogP contribution in [0, 0.1) is 0 Å². The fourth-order valence-corrected chi connectivity index (χ4v) is 1.64. The third-order valence-electron chi connectivity index (χ3n) is 2.43. The van der Waals surface area contributed by atoms with Crippen LogP contribution < -0.4 is 0 Å². The van der Waals surface area contributed by atoms with Crippen LogP contribution in [0.4, 0.5) is 0 Å². The Morgan fingerprint density at radius 3 is 2.56 bits per heavy atom. The SMILES string of the molecule is OCCN(CC=CCl)CCc1ccccc1. The average molecular weight is 240 g/mol. The van der Waals surface area contributed by atoms with E-state index in [0.717, 1.165) is 19.5 Å². The molecule has 3 heteroatoms. The number of hydrogen-bond donors (Lipinski definition) is 1. The second-order valence-corrected chi connectivity index (χ2v) is 3.87. The number of hydrogen-bond acceptors (Lipinski definition) is 2.